The molecule has 0 saturated carbocycles. The van der Waals surface area contributed by atoms with E-state index in [-0.39, 0.29) is 0 Å². The van der Waals surface area contributed by atoms with Crippen LogP contribution in [-0.2, 0) is 6.54 Å². The van der Waals surface area contributed by atoms with Crippen molar-refractivity contribution in [2.24, 2.45) is 0 Å². The van der Waals surface area contributed by atoms with Crippen molar-refractivity contribution in [2.45, 2.75) is 52.2 Å². The normalized spacial score (nSPS) is 24.6. The van der Waals surface area contributed by atoms with Gasteiger partial charge in [0.15, 0.2) is 0 Å². The molecule has 1 aromatic carbocycles. The molecule has 2 nitrogen and oxygen atoms in total. The summed E-state index contributed by atoms with van der Waals surface area (Å²) in [5.74, 6) is 0. The highest BCUT2D eigenvalue weighted by atomic mass is 79.9. The van der Waals surface area contributed by atoms with Gasteiger partial charge in [0.05, 0.1) is 0 Å². The van der Waals surface area contributed by atoms with Crippen molar-refractivity contribution in [1.82, 2.24) is 10.2 Å². The van der Waals surface area contributed by atoms with Crippen LogP contribution in [0.1, 0.15) is 37.8 Å². The zero-order chi connectivity index (χ0) is 13.8. The van der Waals surface area contributed by atoms with Crippen molar-refractivity contribution in [3.8, 4) is 0 Å². The van der Waals surface area contributed by atoms with Gasteiger partial charge in [-0.2, -0.15) is 0 Å². The van der Waals surface area contributed by atoms with Gasteiger partial charge in [-0.1, -0.05) is 41.9 Å². The summed E-state index contributed by atoms with van der Waals surface area (Å²) in [5, 5.41) is 3.66. The van der Waals surface area contributed by atoms with E-state index in [0.717, 1.165) is 13.1 Å². The summed E-state index contributed by atoms with van der Waals surface area (Å²) in [7, 11) is 0. The third-order valence-corrected chi connectivity index (χ3v) is 5.05. The van der Waals surface area contributed by atoms with Gasteiger partial charge in [-0.3, -0.25) is 4.90 Å². The minimum atomic E-state index is 0.650. The van der Waals surface area contributed by atoms with E-state index in [9.17, 15) is 0 Å². The van der Waals surface area contributed by atoms with Crippen LogP contribution in [0.2, 0.25) is 0 Å². The molecule has 1 aliphatic heterocycles. The Labute approximate surface area is 125 Å². The van der Waals surface area contributed by atoms with E-state index in [4.69, 9.17) is 0 Å². The van der Waals surface area contributed by atoms with Gasteiger partial charge < -0.3 is 5.32 Å². The summed E-state index contributed by atoms with van der Waals surface area (Å²) in [4.78, 5) is 2.64. The third-order valence-electron chi connectivity index (χ3n) is 4.20. The lowest BCUT2D eigenvalue weighted by Crippen LogP contribution is -2.55. The van der Waals surface area contributed by atoms with Gasteiger partial charge in [-0.15, -0.1) is 0 Å². The number of hydrogen-bond acceptors (Lipinski definition) is 2. The first-order chi connectivity index (χ1) is 9.13. The Morgan fingerprint density at radius 2 is 2.11 bits per heavy atom. The first-order valence-corrected chi connectivity index (χ1v) is 8.15. The third kappa shape index (κ3) is 3.80. The summed E-state index contributed by atoms with van der Waals surface area (Å²) in [6.07, 6.45) is 2.43. The van der Waals surface area contributed by atoms with Crippen molar-refractivity contribution in [3.63, 3.8) is 0 Å². The number of piperazine rings is 1. The maximum atomic E-state index is 3.66. The zero-order valence-corrected chi connectivity index (χ0v) is 13.8. The van der Waals surface area contributed by atoms with Gasteiger partial charge in [0.25, 0.3) is 0 Å². The summed E-state index contributed by atoms with van der Waals surface area (Å²) < 4.78 is 1.22. The van der Waals surface area contributed by atoms with Crippen molar-refractivity contribution >= 4 is 15.9 Å². The summed E-state index contributed by atoms with van der Waals surface area (Å²) in [6, 6.07) is 8.06. The van der Waals surface area contributed by atoms with Gasteiger partial charge in [0.1, 0.15) is 0 Å². The van der Waals surface area contributed by atoms with E-state index in [2.05, 4.69) is 65.1 Å². The van der Waals surface area contributed by atoms with Crippen LogP contribution in [0.4, 0.5) is 0 Å². The summed E-state index contributed by atoms with van der Waals surface area (Å²) in [6.45, 7) is 10.1. The van der Waals surface area contributed by atoms with E-state index in [1.807, 2.05) is 0 Å². The summed E-state index contributed by atoms with van der Waals surface area (Å²) >= 11 is 3.64. The van der Waals surface area contributed by atoms with Gasteiger partial charge in [-0.25, -0.2) is 0 Å². The fourth-order valence-corrected chi connectivity index (χ4v) is 3.19. The van der Waals surface area contributed by atoms with Gasteiger partial charge in [0, 0.05) is 36.2 Å². The molecule has 1 fully saturated rings. The van der Waals surface area contributed by atoms with Crippen LogP contribution in [0.15, 0.2) is 22.7 Å². The van der Waals surface area contributed by atoms with Gasteiger partial charge in [-0.05, 0) is 37.0 Å². The second-order valence-electron chi connectivity index (χ2n) is 5.59. The number of benzene rings is 1. The number of nitrogens with zero attached hydrogens (tertiary/aromatic N) is 1. The molecular weight excluding hydrogens is 300 g/mol. The first kappa shape index (κ1) is 15.0. The van der Waals surface area contributed by atoms with Crippen molar-refractivity contribution in [3.05, 3.63) is 33.8 Å². The second-order valence-corrected chi connectivity index (χ2v) is 6.44. The maximum Gasteiger partial charge on any atom is 0.0238 e. The standard InChI is InChI=1S/C16H25BrN2/c1-4-14-11-19(15(5-2)9-18-14)10-13-7-6-12(3)16(17)8-13/h6-8,14-15,18H,4-5,9-11H2,1-3H3. The van der Waals surface area contributed by atoms with E-state index >= 15 is 0 Å². The van der Waals surface area contributed by atoms with Crippen LogP contribution in [0.3, 0.4) is 0 Å². The Bertz CT molecular complexity index is 419. The predicted octanol–water partition coefficient (Wildman–Crippen LogP) is 3.72. The summed E-state index contributed by atoms with van der Waals surface area (Å²) in [5.41, 5.74) is 2.72. The monoisotopic (exact) mass is 324 g/mol. The number of nitrogens with one attached hydrogen (secondary N) is 1. The molecule has 1 N–H and O–H groups in total. The molecule has 0 amide bonds. The fraction of sp³-hybridized carbons (Fsp3) is 0.625. The largest absolute Gasteiger partial charge is 0.311 e. The number of rotatable bonds is 4. The second kappa shape index (κ2) is 6.87. The molecule has 1 aliphatic rings. The molecule has 0 aliphatic carbocycles. The molecule has 0 radical (unpaired) electrons. The van der Waals surface area contributed by atoms with Crippen molar-refractivity contribution in [1.29, 1.82) is 0 Å². The molecule has 3 heteroatoms. The number of hydrogen-bond donors (Lipinski definition) is 1. The Balaban J connectivity index is 2.07. The average Bonchev–Trinajstić information content (AvgIpc) is 2.43. The quantitative estimate of drug-likeness (QED) is 0.908. The highest BCUT2D eigenvalue weighted by Crippen LogP contribution is 2.21. The lowest BCUT2D eigenvalue weighted by molar-refractivity contribution is 0.117. The molecule has 2 unspecified atom stereocenters. The first-order valence-electron chi connectivity index (χ1n) is 7.36. The number of aryl methyl sites for hydroxylation is 1. The van der Waals surface area contributed by atoms with E-state index in [1.165, 1.54) is 35.0 Å². The fourth-order valence-electron chi connectivity index (χ4n) is 2.77. The Morgan fingerprint density at radius 3 is 2.74 bits per heavy atom. The van der Waals surface area contributed by atoms with Crippen LogP contribution in [0.25, 0.3) is 0 Å². The smallest absolute Gasteiger partial charge is 0.0238 e. The van der Waals surface area contributed by atoms with E-state index in [1.54, 1.807) is 0 Å². The average molecular weight is 325 g/mol. The van der Waals surface area contributed by atoms with Crippen LogP contribution < -0.4 is 5.32 Å². The molecule has 1 saturated heterocycles. The molecule has 106 valence electrons. The minimum absolute atomic E-state index is 0.650. The molecule has 2 atom stereocenters. The van der Waals surface area contributed by atoms with Crippen LogP contribution >= 0.6 is 15.9 Å². The highest BCUT2D eigenvalue weighted by molar-refractivity contribution is 9.10. The SMILES string of the molecule is CCC1CN(Cc2ccc(C)c(Br)c2)C(CC)CN1. The Kier molecular flexibility index (Phi) is 5.43. The Morgan fingerprint density at radius 1 is 1.32 bits per heavy atom. The lowest BCUT2D eigenvalue weighted by atomic mass is 10.0. The zero-order valence-electron chi connectivity index (χ0n) is 12.2. The molecule has 0 aromatic heterocycles. The van der Waals surface area contributed by atoms with Crippen LogP contribution in [0, 0.1) is 6.92 Å². The molecule has 1 aromatic rings. The number of halogens is 1. The molecule has 1 heterocycles. The maximum absolute atomic E-state index is 3.66. The molecule has 19 heavy (non-hydrogen) atoms. The van der Waals surface area contributed by atoms with E-state index < -0.39 is 0 Å². The van der Waals surface area contributed by atoms with Crippen LogP contribution in [0.5, 0.6) is 0 Å². The van der Waals surface area contributed by atoms with Crippen molar-refractivity contribution < 1.29 is 0 Å². The molecule has 0 spiro atoms. The topological polar surface area (TPSA) is 15.3 Å². The van der Waals surface area contributed by atoms with Gasteiger partial charge >= 0.3 is 0 Å². The molecular formula is C16H25BrN2. The minimum Gasteiger partial charge on any atom is -0.311 e. The Hall–Kier alpha value is -0.380. The van der Waals surface area contributed by atoms with Gasteiger partial charge in [0.2, 0.25) is 0 Å². The van der Waals surface area contributed by atoms with Crippen molar-refractivity contribution in [2.75, 3.05) is 13.1 Å². The van der Waals surface area contributed by atoms with Crippen LogP contribution in [-0.4, -0.2) is 30.1 Å². The molecule has 2 rings (SSSR count). The highest BCUT2D eigenvalue weighted by Gasteiger charge is 2.25. The predicted molar refractivity (Wildman–Crippen MR) is 85.4 cm³/mol. The lowest BCUT2D eigenvalue weighted by Gasteiger charge is -2.40. The van der Waals surface area contributed by atoms with E-state index in [0.29, 0.717) is 12.1 Å². The molecule has 0 bridgehead atoms.